The summed E-state index contributed by atoms with van der Waals surface area (Å²) in [5.74, 6) is 0. The maximum atomic E-state index is 12.7. The summed E-state index contributed by atoms with van der Waals surface area (Å²) in [4.78, 5) is 12.7. The van der Waals surface area contributed by atoms with Gasteiger partial charge in [0, 0.05) is 5.56 Å². The zero-order valence-electron chi connectivity index (χ0n) is 11.6. The summed E-state index contributed by atoms with van der Waals surface area (Å²) in [5.41, 5.74) is 2.18. The van der Waals surface area contributed by atoms with Gasteiger partial charge in [0.2, 0.25) is 0 Å². The fourth-order valence-electron chi connectivity index (χ4n) is 2.60. The van der Waals surface area contributed by atoms with Crippen molar-refractivity contribution in [2.75, 3.05) is 0 Å². The lowest BCUT2D eigenvalue weighted by atomic mass is 10.2. The Bertz CT molecular complexity index is 859. The van der Waals surface area contributed by atoms with Crippen molar-refractivity contribution in [3.8, 4) is 5.69 Å². The lowest BCUT2D eigenvalue weighted by molar-refractivity contribution is 0.281. The molecule has 4 nitrogen and oxygen atoms in total. The van der Waals surface area contributed by atoms with E-state index in [4.69, 9.17) is 0 Å². The minimum atomic E-state index is -0.113. The first-order valence-corrected chi connectivity index (χ1v) is 6.78. The van der Waals surface area contributed by atoms with Gasteiger partial charge in [-0.25, -0.2) is 4.68 Å². The minimum absolute atomic E-state index is 0.0895. The number of hydrogen-bond donors (Lipinski definition) is 1. The molecule has 0 aliphatic carbocycles. The van der Waals surface area contributed by atoms with E-state index in [1.54, 1.807) is 10.8 Å². The molecule has 0 atom stereocenters. The normalized spacial score (nSPS) is 10.9. The van der Waals surface area contributed by atoms with Crippen LogP contribution in [-0.4, -0.2) is 14.5 Å². The highest BCUT2D eigenvalue weighted by Gasteiger charge is 2.15. The molecule has 3 aromatic rings. The van der Waals surface area contributed by atoms with E-state index in [2.05, 4.69) is 6.58 Å². The molecule has 106 valence electrons. The lowest BCUT2D eigenvalue weighted by Crippen LogP contribution is -2.22. The van der Waals surface area contributed by atoms with Gasteiger partial charge in [-0.1, -0.05) is 36.4 Å². The first kappa shape index (κ1) is 13.4. The van der Waals surface area contributed by atoms with Crippen LogP contribution < -0.4 is 5.56 Å². The number of rotatable bonds is 4. The quantitative estimate of drug-likeness (QED) is 0.746. The number of aliphatic hydroxyl groups is 1. The largest absolute Gasteiger partial charge is 0.392 e. The molecule has 0 aliphatic heterocycles. The smallest absolute Gasteiger partial charge is 0.279 e. The van der Waals surface area contributed by atoms with E-state index in [0.29, 0.717) is 23.2 Å². The molecule has 21 heavy (non-hydrogen) atoms. The van der Waals surface area contributed by atoms with Gasteiger partial charge in [0.1, 0.15) is 0 Å². The van der Waals surface area contributed by atoms with Crippen molar-refractivity contribution in [2.45, 2.75) is 13.2 Å². The molecule has 0 saturated carbocycles. The third-order valence-electron chi connectivity index (χ3n) is 3.54. The highest BCUT2D eigenvalue weighted by molar-refractivity contribution is 5.79. The van der Waals surface area contributed by atoms with Gasteiger partial charge < -0.3 is 5.11 Å². The number of fused-ring (bicyclic) bond motifs is 1. The summed E-state index contributed by atoms with van der Waals surface area (Å²) in [5, 5.41) is 10.2. The molecule has 1 N–H and O–H groups in total. The molecule has 0 unspecified atom stereocenters. The van der Waals surface area contributed by atoms with Gasteiger partial charge in [0.15, 0.2) is 0 Å². The van der Waals surface area contributed by atoms with E-state index in [9.17, 15) is 9.90 Å². The van der Waals surface area contributed by atoms with Crippen molar-refractivity contribution in [1.29, 1.82) is 0 Å². The van der Waals surface area contributed by atoms with Gasteiger partial charge in [-0.05, 0) is 18.2 Å². The molecule has 0 radical (unpaired) electrons. The molecule has 2 aromatic carbocycles. The zero-order chi connectivity index (χ0) is 14.8. The number of aromatic nitrogens is 2. The van der Waals surface area contributed by atoms with Crippen LogP contribution >= 0.6 is 0 Å². The number of benzene rings is 2. The highest BCUT2D eigenvalue weighted by atomic mass is 16.3. The Morgan fingerprint density at radius 2 is 1.81 bits per heavy atom. The maximum Gasteiger partial charge on any atom is 0.279 e. The molecule has 1 aromatic heterocycles. The summed E-state index contributed by atoms with van der Waals surface area (Å²) in [6.45, 7) is 4.17. The third kappa shape index (κ3) is 2.10. The molecule has 4 heteroatoms. The van der Waals surface area contributed by atoms with Crippen LogP contribution in [0.3, 0.4) is 0 Å². The Morgan fingerprint density at radius 1 is 1.10 bits per heavy atom. The van der Waals surface area contributed by atoms with Crippen LogP contribution in [0.4, 0.5) is 0 Å². The van der Waals surface area contributed by atoms with Gasteiger partial charge >= 0.3 is 0 Å². The number of aliphatic hydroxyl groups excluding tert-OH is 1. The minimum Gasteiger partial charge on any atom is -0.392 e. The Morgan fingerprint density at radius 3 is 2.57 bits per heavy atom. The standard InChI is InChI=1S/C17H16N2O2/c1-2-11-18-16-10-6-4-8-14(16)17(21)19(18)15-9-5-3-7-13(15)12-20/h2-10,20H,1,11-12H2. The fourth-order valence-corrected chi connectivity index (χ4v) is 2.60. The number of nitrogens with zero attached hydrogens (tertiary/aromatic N) is 2. The molecule has 0 fully saturated rings. The molecule has 0 saturated heterocycles. The maximum absolute atomic E-state index is 12.7. The lowest BCUT2D eigenvalue weighted by Gasteiger charge is -2.13. The van der Waals surface area contributed by atoms with Crippen molar-refractivity contribution < 1.29 is 5.11 Å². The van der Waals surface area contributed by atoms with Crippen LogP contribution in [0, 0.1) is 0 Å². The molecule has 1 heterocycles. The van der Waals surface area contributed by atoms with E-state index in [0.717, 1.165) is 5.52 Å². The highest BCUT2D eigenvalue weighted by Crippen LogP contribution is 2.18. The van der Waals surface area contributed by atoms with Gasteiger partial charge in [-0.2, -0.15) is 0 Å². The molecule has 0 spiro atoms. The Kier molecular flexibility index (Phi) is 3.46. The predicted molar refractivity (Wildman–Crippen MR) is 83.7 cm³/mol. The van der Waals surface area contributed by atoms with Crippen LogP contribution in [0.2, 0.25) is 0 Å². The van der Waals surface area contributed by atoms with Crippen molar-refractivity contribution >= 4 is 10.9 Å². The van der Waals surface area contributed by atoms with Gasteiger partial charge in [-0.15, -0.1) is 6.58 Å². The second-order valence-electron chi connectivity index (χ2n) is 4.79. The molecule has 0 bridgehead atoms. The van der Waals surface area contributed by atoms with Crippen molar-refractivity contribution in [1.82, 2.24) is 9.36 Å². The van der Waals surface area contributed by atoms with E-state index in [1.165, 1.54) is 0 Å². The number of para-hydroxylation sites is 2. The summed E-state index contributed by atoms with van der Waals surface area (Å²) in [6, 6.07) is 14.8. The topological polar surface area (TPSA) is 47.2 Å². The van der Waals surface area contributed by atoms with Crippen molar-refractivity contribution in [2.24, 2.45) is 0 Å². The zero-order valence-corrected chi connectivity index (χ0v) is 11.6. The average molecular weight is 280 g/mol. The summed E-state index contributed by atoms with van der Waals surface area (Å²) >= 11 is 0. The van der Waals surface area contributed by atoms with E-state index in [1.807, 2.05) is 53.2 Å². The summed E-state index contributed by atoms with van der Waals surface area (Å²) in [7, 11) is 0. The monoisotopic (exact) mass is 280 g/mol. The van der Waals surface area contributed by atoms with Crippen LogP contribution in [0.15, 0.2) is 66.0 Å². The second-order valence-corrected chi connectivity index (χ2v) is 4.79. The fraction of sp³-hybridized carbons (Fsp3) is 0.118. The first-order valence-electron chi connectivity index (χ1n) is 6.78. The SMILES string of the molecule is C=CCn1c2ccccc2c(=O)n1-c1ccccc1CO. The Balaban J connectivity index is 2.41. The van der Waals surface area contributed by atoms with Gasteiger partial charge in [0.05, 0.1) is 29.7 Å². The van der Waals surface area contributed by atoms with Gasteiger partial charge in [-0.3, -0.25) is 9.48 Å². The molecular formula is C17H16N2O2. The van der Waals surface area contributed by atoms with E-state index in [-0.39, 0.29) is 12.2 Å². The van der Waals surface area contributed by atoms with Gasteiger partial charge in [0.25, 0.3) is 5.56 Å². The number of allylic oxidation sites excluding steroid dienone is 1. The van der Waals surface area contributed by atoms with E-state index < -0.39 is 0 Å². The predicted octanol–water partition coefficient (Wildman–Crippen LogP) is 2.47. The summed E-state index contributed by atoms with van der Waals surface area (Å²) < 4.78 is 3.48. The first-order chi connectivity index (χ1) is 10.3. The van der Waals surface area contributed by atoms with Crippen molar-refractivity contribution in [3.63, 3.8) is 0 Å². The molecule has 0 amide bonds. The Labute approximate surface area is 122 Å². The van der Waals surface area contributed by atoms with Crippen LogP contribution in [0.5, 0.6) is 0 Å². The van der Waals surface area contributed by atoms with Crippen LogP contribution in [-0.2, 0) is 13.2 Å². The second kappa shape index (κ2) is 5.42. The van der Waals surface area contributed by atoms with Crippen LogP contribution in [0.1, 0.15) is 5.56 Å². The Hall–Kier alpha value is -2.59. The number of hydrogen-bond acceptors (Lipinski definition) is 2. The average Bonchev–Trinajstić information content (AvgIpc) is 2.81. The molecular weight excluding hydrogens is 264 g/mol. The molecule has 0 aliphatic rings. The van der Waals surface area contributed by atoms with Crippen LogP contribution in [0.25, 0.3) is 16.6 Å². The van der Waals surface area contributed by atoms with Crippen molar-refractivity contribution in [3.05, 3.63) is 77.1 Å². The van der Waals surface area contributed by atoms with E-state index >= 15 is 0 Å². The molecule has 3 rings (SSSR count). The summed E-state index contributed by atoms with van der Waals surface area (Å²) in [6.07, 6.45) is 1.75. The third-order valence-corrected chi connectivity index (χ3v) is 3.54.